The largest absolute Gasteiger partial charge is 0.350 e. The van der Waals surface area contributed by atoms with E-state index in [1.165, 1.54) is 12.3 Å². The van der Waals surface area contributed by atoms with Crippen LogP contribution in [-0.2, 0) is 0 Å². The van der Waals surface area contributed by atoms with Crippen molar-refractivity contribution in [1.82, 2.24) is 20.1 Å². The molecule has 1 amide bonds. The molecule has 1 aromatic rings. The molecule has 0 spiro atoms. The van der Waals surface area contributed by atoms with E-state index in [4.69, 9.17) is 0 Å². The fourth-order valence-electron chi connectivity index (χ4n) is 2.47. The van der Waals surface area contributed by atoms with Crippen LogP contribution in [0.3, 0.4) is 0 Å². The molecule has 1 aliphatic heterocycles. The van der Waals surface area contributed by atoms with Gasteiger partial charge in [-0.1, -0.05) is 0 Å². The van der Waals surface area contributed by atoms with E-state index < -0.39 is 11.7 Å². The molecule has 0 aromatic carbocycles. The second-order valence-electron chi connectivity index (χ2n) is 6.14. The summed E-state index contributed by atoms with van der Waals surface area (Å²) in [4.78, 5) is 20.3. The van der Waals surface area contributed by atoms with Crippen LogP contribution in [0.5, 0.6) is 0 Å². The van der Waals surface area contributed by atoms with Gasteiger partial charge in [0.25, 0.3) is 5.91 Å². The van der Waals surface area contributed by atoms with Crippen molar-refractivity contribution in [1.29, 1.82) is 0 Å². The van der Waals surface area contributed by atoms with Crippen LogP contribution < -0.4 is 5.32 Å². The van der Waals surface area contributed by atoms with Crippen molar-refractivity contribution in [3.63, 3.8) is 0 Å². The SMILES string of the molecule is CN1CCN(C(C)(C)CNC(=O)c2ccncc2F)CC1. The highest BCUT2D eigenvalue weighted by Gasteiger charge is 2.29. The fourth-order valence-corrected chi connectivity index (χ4v) is 2.47. The first-order valence-electron chi connectivity index (χ1n) is 7.21. The Morgan fingerprint density at radius 2 is 2.05 bits per heavy atom. The van der Waals surface area contributed by atoms with Gasteiger partial charge in [0.15, 0.2) is 5.82 Å². The number of piperazine rings is 1. The van der Waals surface area contributed by atoms with Crippen LogP contribution >= 0.6 is 0 Å². The van der Waals surface area contributed by atoms with Crippen LogP contribution in [0.15, 0.2) is 18.5 Å². The average Bonchev–Trinajstić information content (AvgIpc) is 2.46. The van der Waals surface area contributed by atoms with Gasteiger partial charge in [0.05, 0.1) is 11.8 Å². The summed E-state index contributed by atoms with van der Waals surface area (Å²) in [5.41, 5.74) is -0.111. The highest BCUT2D eigenvalue weighted by Crippen LogP contribution is 2.16. The summed E-state index contributed by atoms with van der Waals surface area (Å²) in [5, 5.41) is 2.83. The first-order chi connectivity index (χ1) is 9.90. The summed E-state index contributed by atoms with van der Waals surface area (Å²) in [6.07, 6.45) is 2.48. The molecule has 1 N–H and O–H groups in total. The van der Waals surface area contributed by atoms with E-state index >= 15 is 0 Å². The Morgan fingerprint density at radius 3 is 2.67 bits per heavy atom. The third kappa shape index (κ3) is 3.98. The fraction of sp³-hybridized carbons (Fsp3) is 0.600. The number of hydrogen-bond acceptors (Lipinski definition) is 4. The standard InChI is InChI=1S/C15H23FN4O/c1-15(2,20-8-6-19(3)7-9-20)11-18-14(21)12-4-5-17-10-13(12)16/h4-5,10H,6-9,11H2,1-3H3,(H,18,21). The second kappa shape index (κ2) is 6.49. The molecule has 116 valence electrons. The van der Waals surface area contributed by atoms with E-state index in [0.29, 0.717) is 6.54 Å². The molecular weight excluding hydrogens is 271 g/mol. The van der Waals surface area contributed by atoms with Gasteiger partial charge in [-0.15, -0.1) is 0 Å². The zero-order valence-electron chi connectivity index (χ0n) is 12.9. The number of halogens is 1. The maximum Gasteiger partial charge on any atom is 0.254 e. The summed E-state index contributed by atoms with van der Waals surface area (Å²) >= 11 is 0. The van der Waals surface area contributed by atoms with Gasteiger partial charge in [0.1, 0.15) is 0 Å². The third-order valence-corrected chi connectivity index (χ3v) is 4.06. The average molecular weight is 294 g/mol. The first kappa shape index (κ1) is 15.9. The van der Waals surface area contributed by atoms with Gasteiger partial charge >= 0.3 is 0 Å². The van der Waals surface area contributed by atoms with E-state index in [1.54, 1.807) is 0 Å². The Morgan fingerprint density at radius 1 is 1.38 bits per heavy atom. The summed E-state index contributed by atoms with van der Waals surface area (Å²) in [7, 11) is 2.11. The molecule has 5 nitrogen and oxygen atoms in total. The highest BCUT2D eigenvalue weighted by molar-refractivity contribution is 5.94. The Labute approximate surface area is 125 Å². The number of amides is 1. The highest BCUT2D eigenvalue weighted by atomic mass is 19.1. The van der Waals surface area contributed by atoms with Crippen LogP contribution in [-0.4, -0.2) is 66.0 Å². The number of carbonyl (C=O) groups is 1. The lowest BCUT2D eigenvalue weighted by Gasteiger charge is -2.43. The van der Waals surface area contributed by atoms with Crippen molar-refractivity contribution in [2.75, 3.05) is 39.8 Å². The zero-order valence-corrected chi connectivity index (χ0v) is 12.9. The topological polar surface area (TPSA) is 48.5 Å². The Kier molecular flexibility index (Phi) is 4.90. The molecule has 0 unspecified atom stereocenters. The molecule has 0 radical (unpaired) electrons. The number of nitrogens with zero attached hydrogens (tertiary/aromatic N) is 3. The number of nitrogens with one attached hydrogen (secondary N) is 1. The lowest BCUT2D eigenvalue weighted by Crippen LogP contribution is -2.57. The zero-order chi connectivity index (χ0) is 15.5. The van der Waals surface area contributed by atoms with Gasteiger partial charge in [0.2, 0.25) is 0 Å². The summed E-state index contributed by atoms with van der Waals surface area (Å²) in [6, 6.07) is 1.40. The van der Waals surface area contributed by atoms with Crippen molar-refractivity contribution >= 4 is 5.91 Å². The number of hydrogen-bond donors (Lipinski definition) is 1. The van der Waals surface area contributed by atoms with E-state index in [0.717, 1.165) is 32.4 Å². The van der Waals surface area contributed by atoms with Crippen LogP contribution in [0.4, 0.5) is 4.39 Å². The second-order valence-corrected chi connectivity index (χ2v) is 6.14. The molecule has 21 heavy (non-hydrogen) atoms. The lowest BCUT2D eigenvalue weighted by molar-refractivity contribution is 0.0587. The van der Waals surface area contributed by atoms with Gasteiger partial charge in [-0.25, -0.2) is 4.39 Å². The quantitative estimate of drug-likeness (QED) is 0.899. The third-order valence-electron chi connectivity index (χ3n) is 4.06. The van der Waals surface area contributed by atoms with Crippen LogP contribution in [0.1, 0.15) is 24.2 Å². The smallest absolute Gasteiger partial charge is 0.254 e. The first-order valence-corrected chi connectivity index (χ1v) is 7.21. The summed E-state index contributed by atoms with van der Waals surface area (Å²) in [6.45, 7) is 8.68. The molecule has 0 saturated carbocycles. The minimum atomic E-state index is -0.590. The number of aromatic nitrogens is 1. The van der Waals surface area contributed by atoms with Gasteiger partial charge in [-0.2, -0.15) is 0 Å². The maximum atomic E-state index is 13.5. The molecule has 2 heterocycles. The molecular formula is C15H23FN4O. The van der Waals surface area contributed by atoms with Gasteiger partial charge in [0, 0.05) is 44.5 Å². The predicted molar refractivity (Wildman–Crippen MR) is 79.7 cm³/mol. The molecule has 1 saturated heterocycles. The van der Waals surface area contributed by atoms with Gasteiger partial charge in [-0.3, -0.25) is 14.7 Å². The minimum absolute atomic E-state index is 0.0409. The van der Waals surface area contributed by atoms with Gasteiger partial charge < -0.3 is 10.2 Å². The van der Waals surface area contributed by atoms with Crippen LogP contribution in [0.2, 0.25) is 0 Å². The van der Waals surface area contributed by atoms with E-state index in [-0.39, 0.29) is 11.1 Å². The molecule has 0 atom stereocenters. The summed E-state index contributed by atoms with van der Waals surface area (Å²) in [5.74, 6) is -0.982. The van der Waals surface area contributed by atoms with Gasteiger partial charge in [-0.05, 0) is 27.0 Å². The molecule has 2 rings (SSSR count). The van der Waals surface area contributed by atoms with Crippen LogP contribution in [0, 0.1) is 5.82 Å². The van der Waals surface area contributed by atoms with E-state index in [9.17, 15) is 9.18 Å². The predicted octanol–water partition coefficient (Wildman–Crippen LogP) is 0.976. The molecule has 6 heteroatoms. The van der Waals surface area contributed by atoms with Crippen molar-refractivity contribution in [3.05, 3.63) is 29.8 Å². The Balaban J connectivity index is 1.92. The molecule has 1 aliphatic rings. The Hall–Kier alpha value is -1.53. The number of pyridine rings is 1. The molecule has 0 aliphatic carbocycles. The lowest BCUT2D eigenvalue weighted by atomic mass is 10.0. The Bertz CT molecular complexity index is 498. The van der Waals surface area contributed by atoms with E-state index in [2.05, 4.69) is 41.0 Å². The molecule has 1 aromatic heterocycles. The number of likely N-dealkylation sites (N-methyl/N-ethyl adjacent to an activating group) is 1. The summed E-state index contributed by atoms with van der Waals surface area (Å²) < 4.78 is 13.5. The monoisotopic (exact) mass is 294 g/mol. The van der Waals surface area contributed by atoms with Crippen molar-refractivity contribution < 1.29 is 9.18 Å². The minimum Gasteiger partial charge on any atom is -0.350 e. The molecule has 1 fully saturated rings. The maximum absolute atomic E-state index is 13.5. The molecule has 0 bridgehead atoms. The number of carbonyl (C=O) groups excluding carboxylic acids is 1. The normalized spacial score (nSPS) is 17.7. The van der Waals surface area contributed by atoms with Crippen LogP contribution in [0.25, 0.3) is 0 Å². The van der Waals surface area contributed by atoms with E-state index in [1.807, 2.05) is 0 Å². The van der Waals surface area contributed by atoms with Crippen molar-refractivity contribution in [3.8, 4) is 0 Å². The van der Waals surface area contributed by atoms with Crippen molar-refractivity contribution in [2.24, 2.45) is 0 Å². The number of rotatable bonds is 4. The van der Waals surface area contributed by atoms with Crippen molar-refractivity contribution in [2.45, 2.75) is 19.4 Å².